The van der Waals surface area contributed by atoms with Gasteiger partial charge in [-0.1, -0.05) is 11.6 Å². The van der Waals surface area contributed by atoms with E-state index >= 15 is 0 Å². The summed E-state index contributed by atoms with van der Waals surface area (Å²) in [6, 6.07) is 0. The Balaban J connectivity index is 1.88. The summed E-state index contributed by atoms with van der Waals surface area (Å²) < 4.78 is 6.11. The first-order valence-corrected chi connectivity index (χ1v) is 6.48. The Morgan fingerprint density at radius 2 is 2.00 bits per heavy atom. The van der Waals surface area contributed by atoms with Crippen molar-refractivity contribution >= 4 is 5.71 Å². The second-order valence-corrected chi connectivity index (χ2v) is 5.21. The van der Waals surface area contributed by atoms with E-state index in [2.05, 4.69) is 5.16 Å². The summed E-state index contributed by atoms with van der Waals surface area (Å²) in [5, 5.41) is 12.5. The van der Waals surface area contributed by atoms with Crippen LogP contribution in [-0.2, 0) is 4.74 Å². The van der Waals surface area contributed by atoms with Crippen LogP contribution in [0.25, 0.3) is 0 Å². The molecule has 0 saturated heterocycles. The highest BCUT2D eigenvalue weighted by Crippen LogP contribution is 2.41. The molecule has 0 aromatic rings. The molecule has 16 heavy (non-hydrogen) atoms. The minimum absolute atomic E-state index is 0.450. The van der Waals surface area contributed by atoms with Crippen LogP contribution in [0.3, 0.4) is 0 Å². The molecule has 1 heterocycles. The fourth-order valence-corrected chi connectivity index (χ4v) is 3.36. The Kier molecular flexibility index (Phi) is 2.62. The van der Waals surface area contributed by atoms with E-state index in [9.17, 15) is 0 Å². The molecule has 0 radical (unpaired) electrons. The van der Waals surface area contributed by atoms with Crippen molar-refractivity contribution in [1.29, 1.82) is 0 Å². The van der Waals surface area contributed by atoms with E-state index in [1.807, 2.05) is 0 Å². The van der Waals surface area contributed by atoms with Crippen LogP contribution in [-0.4, -0.2) is 17.0 Å². The highest BCUT2D eigenvalue weighted by atomic mass is 16.5. The molecular weight excluding hydrogens is 202 g/mol. The molecule has 1 N–H and O–H groups in total. The van der Waals surface area contributed by atoms with E-state index in [0.29, 0.717) is 12.0 Å². The van der Waals surface area contributed by atoms with E-state index in [1.165, 1.54) is 31.3 Å². The van der Waals surface area contributed by atoms with Gasteiger partial charge >= 0.3 is 0 Å². The maximum atomic E-state index is 9.02. The standard InChI is InChI=1S/C13H19NO2/c15-14-11-5-3-7-13-10(11)8-9-4-1-2-6-12(9)16-13/h9,12,15H,1-8H2/b14-11-/t9-,12-/m0/s1. The lowest BCUT2D eigenvalue weighted by Gasteiger charge is -2.39. The molecule has 1 fully saturated rings. The number of hydrogen-bond donors (Lipinski definition) is 1. The summed E-state index contributed by atoms with van der Waals surface area (Å²) in [6.45, 7) is 0. The summed E-state index contributed by atoms with van der Waals surface area (Å²) in [6.07, 6.45) is 9.69. The molecule has 3 aliphatic rings. The van der Waals surface area contributed by atoms with Crippen molar-refractivity contribution < 1.29 is 9.94 Å². The van der Waals surface area contributed by atoms with Crippen molar-refractivity contribution in [2.75, 3.05) is 0 Å². The Labute approximate surface area is 96.2 Å². The number of allylic oxidation sites excluding steroid dienone is 2. The van der Waals surface area contributed by atoms with Gasteiger partial charge in [-0.3, -0.25) is 0 Å². The molecular formula is C13H19NO2. The Hall–Kier alpha value is -0.990. The zero-order valence-electron chi connectivity index (χ0n) is 9.61. The van der Waals surface area contributed by atoms with Crippen LogP contribution in [0.5, 0.6) is 0 Å². The Bertz CT molecular complexity index is 346. The lowest BCUT2D eigenvalue weighted by atomic mass is 9.77. The normalized spacial score (nSPS) is 36.6. The molecule has 0 bridgehead atoms. The van der Waals surface area contributed by atoms with Crippen molar-refractivity contribution in [3.63, 3.8) is 0 Å². The van der Waals surface area contributed by atoms with Crippen molar-refractivity contribution in [2.45, 2.75) is 57.5 Å². The summed E-state index contributed by atoms with van der Waals surface area (Å²) >= 11 is 0. The number of fused-ring (bicyclic) bond motifs is 1. The fraction of sp³-hybridized carbons (Fsp3) is 0.769. The quantitative estimate of drug-likeness (QED) is 0.504. The molecule has 0 aromatic carbocycles. The number of oxime groups is 1. The van der Waals surface area contributed by atoms with Gasteiger partial charge in [0.2, 0.25) is 0 Å². The minimum Gasteiger partial charge on any atom is -0.494 e. The van der Waals surface area contributed by atoms with E-state index in [4.69, 9.17) is 9.94 Å². The minimum atomic E-state index is 0.450. The smallest absolute Gasteiger partial charge is 0.102 e. The lowest BCUT2D eigenvalue weighted by molar-refractivity contribution is 0.0121. The molecule has 0 aromatic heterocycles. The zero-order chi connectivity index (χ0) is 11.0. The average Bonchev–Trinajstić information content (AvgIpc) is 2.35. The SMILES string of the molecule is O/N=C1/CCCC2=C1C[C@@H]1CCCC[C@@H]1O2. The predicted octanol–water partition coefficient (Wildman–Crippen LogP) is 3.23. The second-order valence-electron chi connectivity index (χ2n) is 5.21. The van der Waals surface area contributed by atoms with Crippen molar-refractivity contribution in [2.24, 2.45) is 11.1 Å². The zero-order valence-corrected chi connectivity index (χ0v) is 9.61. The van der Waals surface area contributed by atoms with Crippen LogP contribution in [0, 0.1) is 5.92 Å². The summed E-state index contributed by atoms with van der Waals surface area (Å²) in [5.41, 5.74) is 2.10. The molecule has 2 aliphatic carbocycles. The van der Waals surface area contributed by atoms with Crippen LogP contribution in [0.4, 0.5) is 0 Å². The van der Waals surface area contributed by atoms with Crippen LogP contribution >= 0.6 is 0 Å². The molecule has 1 saturated carbocycles. The van der Waals surface area contributed by atoms with Crippen LogP contribution in [0.1, 0.15) is 51.4 Å². The number of ether oxygens (including phenoxy) is 1. The van der Waals surface area contributed by atoms with Gasteiger partial charge in [0.1, 0.15) is 11.9 Å². The molecule has 0 spiro atoms. The maximum Gasteiger partial charge on any atom is 0.102 e. The van der Waals surface area contributed by atoms with Crippen LogP contribution in [0.15, 0.2) is 16.5 Å². The summed E-state index contributed by atoms with van der Waals surface area (Å²) in [5.74, 6) is 1.80. The van der Waals surface area contributed by atoms with Crippen molar-refractivity contribution in [3.8, 4) is 0 Å². The fourth-order valence-electron chi connectivity index (χ4n) is 3.36. The highest BCUT2D eigenvalue weighted by molar-refractivity contribution is 6.01. The maximum absolute atomic E-state index is 9.02. The summed E-state index contributed by atoms with van der Waals surface area (Å²) in [7, 11) is 0. The third-order valence-electron chi connectivity index (χ3n) is 4.22. The van der Waals surface area contributed by atoms with Gasteiger partial charge in [0, 0.05) is 17.9 Å². The van der Waals surface area contributed by atoms with Gasteiger partial charge in [-0.2, -0.15) is 0 Å². The first-order valence-electron chi connectivity index (χ1n) is 6.48. The molecule has 3 heteroatoms. The van der Waals surface area contributed by atoms with E-state index in [-0.39, 0.29) is 0 Å². The molecule has 3 nitrogen and oxygen atoms in total. The van der Waals surface area contributed by atoms with Gasteiger partial charge in [-0.25, -0.2) is 0 Å². The topological polar surface area (TPSA) is 41.8 Å². The molecule has 3 rings (SSSR count). The van der Waals surface area contributed by atoms with E-state index in [1.54, 1.807) is 0 Å². The third-order valence-corrected chi connectivity index (χ3v) is 4.22. The van der Waals surface area contributed by atoms with Crippen LogP contribution < -0.4 is 0 Å². The molecule has 88 valence electrons. The van der Waals surface area contributed by atoms with Crippen molar-refractivity contribution in [1.82, 2.24) is 0 Å². The first-order chi connectivity index (χ1) is 7.88. The van der Waals surface area contributed by atoms with Gasteiger partial charge < -0.3 is 9.94 Å². The predicted molar refractivity (Wildman–Crippen MR) is 61.5 cm³/mol. The Morgan fingerprint density at radius 1 is 1.12 bits per heavy atom. The number of hydrogen-bond acceptors (Lipinski definition) is 3. The van der Waals surface area contributed by atoms with E-state index in [0.717, 1.165) is 37.2 Å². The van der Waals surface area contributed by atoms with Crippen LogP contribution in [0.2, 0.25) is 0 Å². The van der Waals surface area contributed by atoms with Gasteiger partial charge in [-0.05, 0) is 38.5 Å². The second kappa shape index (κ2) is 4.11. The lowest BCUT2D eigenvalue weighted by Crippen LogP contribution is -2.34. The molecule has 2 atom stereocenters. The molecule has 1 aliphatic heterocycles. The molecule has 0 unspecified atom stereocenters. The first kappa shape index (κ1) is 10.2. The third kappa shape index (κ3) is 1.62. The van der Waals surface area contributed by atoms with Gasteiger partial charge in [-0.15, -0.1) is 0 Å². The number of rotatable bonds is 0. The van der Waals surface area contributed by atoms with Gasteiger partial charge in [0.15, 0.2) is 0 Å². The highest BCUT2D eigenvalue weighted by Gasteiger charge is 2.36. The largest absolute Gasteiger partial charge is 0.494 e. The Morgan fingerprint density at radius 3 is 2.88 bits per heavy atom. The van der Waals surface area contributed by atoms with E-state index < -0.39 is 0 Å². The number of nitrogens with zero attached hydrogens (tertiary/aromatic N) is 1. The van der Waals surface area contributed by atoms with Gasteiger partial charge in [0.25, 0.3) is 0 Å². The monoisotopic (exact) mass is 221 g/mol. The summed E-state index contributed by atoms with van der Waals surface area (Å²) in [4.78, 5) is 0. The van der Waals surface area contributed by atoms with Gasteiger partial charge in [0.05, 0.1) is 5.71 Å². The molecule has 0 amide bonds. The average molecular weight is 221 g/mol. The van der Waals surface area contributed by atoms with Crippen molar-refractivity contribution in [3.05, 3.63) is 11.3 Å².